The molecule has 1 N–H and O–H groups in total. The fraction of sp³-hybridized carbons (Fsp3) is 0.350. The van der Waals surface area contributed by atoms with Crippen LogP contribution in [0.5, 0.6) is 0 Å². The molecule has 0 unspecified atom stereocenters. The van der Waals surface area contributed by atoms with Gasteiger partial charge >= 0.3 is 5.97 Å². The van der Waals surface area contributed by atoms with E-state index in [2.05, 4.69) is 48.4 Å². The van der Waals surface area contributed by atoms with Crippen molar-refractivity contribution in [3.63, 3.8) is 0 Å². The molecule has 0 aliphatic rings. The predicted octanol–water partition coefficient (Wildman–Crippen LogP) is 3.44. The van der Waals surface area contributed by atoms with E-state index < -0.39 is 5.97 Å². The summed E-state index contributed by atoms with van der Waals surface area (Å²) in [5.74, 6) is -0.349. The maximum Gasteiger partial charge on any atom is 0.341 e. The summed E-state index contributed by atoms with van der Waals surface area (Å²) in [5, 5.41) is 3.35. The van der Waals surface area contributed by atoms with Crippen LogP contribution in [0, 0.1) is 0 Å². The number of benzene rings is 1. The highest BCUT2D eigenvalue weighted by molar-refractivity contribution is 7.98. The molecule has 0 radical (unpaired) electrons. The molecule has 0 fully saturated rings. The maximum atomic E-state index is 12.1. The van der Waals surface area contributed by atoms with Crippen molar-refractivity contribution in [1.82, 2.24) is 10.3 Å². The first-order chi connectivity index (χ1) is 12.5. The number of aromatic nitrogens is 1. The standard InChI is InChI=1S/C20H24N2O3S/c1-14(2)16-8-6-15(7-9-16)10-12-21-18(23)13-25-20(24)17-5-4-11-22-19(17)26-3/h4-9,11,14H,10,12-13H2,1-3H3,(H,21,23). The highest BCUT2D eigenvalue weighted by Gasteiger charge is 2.14. The van der Waals surface area contributed by atoms with Gasteiger partial charge < -0.3 is 10.1 Å². The Morgan fingerprint density at radius 1 is 1.19 bits per heavy atom. The minimum absolute atomic E-state index is 0.298. The number of amides is 1. The molecular weight excluding hydrogens is 348 g/mol. The minimum atomic E-state index is -0.540. The van der Waals surface area contributed by atoms with Crippen molar-refractivity contribution in [1.29, 1.82) is 0 Å². The molecule has 0 aliphatic heterocycles. The third-order valence-electron chi connectivity index (χ3n) is 3.90. The molecule has 0 saturated carbocycles. The summed E-state index contributed by atoms with van der Waals surface area (Å²) in [6.45, 7) is 4.52. The van der Waals surface area contributed by atoms with Crippen molar-refractivity contribution >= 4 is 23.6 Å². The highest BCUT2D eigenvalue weighted by atomic mass is 32.2. The number of esters is 1. The summed E-state index contributed by atoms with van der Waals surface area (Å²) in [7, 11) is 0. The van der Waals surface area contributed by atoms with Crippen LogP contribution in [0.4, 0.5) is 0 Å². The molecule has 0 bridgehead atoms. The number of pyridine rings is 1. The lowest BCUT2D eigenvalue weighted by Crippen LogP contribution is -2.30. The Kier molecular flexibility index (Phi) is 7.66. The number of hydrogen-bond acceptors (Lipinski definition) is 5. The van der Waals surface area contributed by atoms with Gasteiger partial charge in [-0.2, -0.15) is 0 Å². The topological polar surface area (TPSA) is 68.3 Å². The summed E-state index contributed by atoms with van der Waals surface area (Å²) in [6.07, 6.45) is 4.18. The van der Waals surface area contributed by atoms with Gasteiger partial charge in [-0.25, -0.2) is 9.78 Å². The average molecular weight is 372 g/mol. The molecule has 6 heteroatoms. The summed E-state index contributed by atoms with van der Waals surface area (Å²) in [6, 6.07) is 11.7. The molecule has 0 saturated heterocycles. The smallest absolute Gasteiger partial charge is 0.341 e. The number of ether oxygens (including phenoxy) is 1. The monoisotopic (exact) mass is 372 g/mol. The Balaban J connectivity index is 1.74. The van der Waals surface area contributed by atoms with Crippen LogP contribution >= 0.6 is 11.8 Å². The van der Waals surface area contributed by atoms with E-state index in [1.807, 2.05) is 6.26 Å². The van der Waals surface area contributed by atoms with Gasteiger partial charge in [-0.3, -0.25) is 4.79 Å². The van der Waals surface area contributed by atoms with Gasteiger partial charge in [-0.05, 0) is 41.9 Å². The van der Waals surface area contributed by atoms with Gasteiger partial charge in [-0.1, -0.05) is 38.1 Å². The Morgan fingerprint density at radius 3 is 2.58 bits per heavy atom. The van der Waals surface area contributed by atoms with E-state index in [1.165, 1.54) is 17.3 Å². The Hall–Kier alpha value is -2.34. The summed E-state index contributed by atoms with van der Waals surface area (Å²) in [4.78, 5) is 28.0. The number of hydrogen-bond donors (Lipinski definition) is 1. The zero-order valence-corrected chi connectivity index (χ0v) is 16.1. The van der Waals surface area contributed by atoms with E-state index >= 15 is 0 Å². The molecule has 5 nitrogen and oxygen atoms in total. The Labute approximate surface area is 158 Å². The molecule has 2 aromatic rings. The van der Waals surface area contributed by atoms with Crippen LogP contribution in [0.2, 0.25) is 0 Å². The number of rotatable bonds is 8. The molecule has 1 aromatic heterocycles. The number of thioether (sulfide) groups is 1. The second-order valence-corrected chi connectivity index (χ2v) is 6.93. The summed E-state index contributed by atoms with van der Waals surface area (Å²) in [5.41, 5.74) is 2.83. The third-order valence-corrected chi connectivity index (χ3v) is 4.61. The van der Waals surface area contributed by atoms with Crippen LogP contribution in [0.3, 0.4) is 0 Å². The van der Waals surface area contributed by atoms with Crippen LogP contribution in [0.15, 0.2) is 47.6 Å². The summed E-state index contributed by atoms with van der Waals surface area (Å²) < 4.78 is 5.07. The number of nitrogens with zero attached hydrogens (tertiary/aromatic N) is 1. The molecule has 1 heterocycles. The van der Waals surface area contributed by atoms with Gasteiger partial charge in [0.1, 0.15) is 5.03 Å². The SMILES string of the molecule is CSc1ncccc1C(=O)OCC(=O)NCCc1ccc(C(C)C)cc1. The van der Waals surface area contributed by atoms with E-state index in [0.717, 1.165) is 12.0 Å². The van der Waals surface area contributed by atoms with E-state index in [4.69, 9.17) is 4.74 Å². The van der Waals surface area contributed by atoms with Gasteiger partial charge in [0, 0.05) is 12.7 Å². The van der Waals surface area contributed by atoms with Gasteiger partial charge in [0.05, 0.1) is 5.56 Å². The van der Waals surface area contributed by atoms with E-state index in [1.54, 1.807) is 18.3 Å². The van der Waals surface area contributed by atoms with E-state index in [-0.39, 0.29) is 12.5 Å². The zero-order valence-electron chi connectivity index (χ0n) is 15.3. The number of carbonyl (C=O) groups excluding carboxylic acids is 2. The van der Waals surface area contributed by atoms with Crippen LogP contribution in [-0.4, -0.2) is 36.3 Å². The van der Waals surface area contributed by atoms with Gasteiger partial charge in [-0.15, -0.1) is 11.8 Å². The Morgan fingerprint density at radius 2 is 1.92 bits per heavy atom. The lowest BCUT2D eigenvalue weighted by Gasteiger charge is -2.09. The molecule has 0 atom stereocenters. The van der Waals surface area contributed by atoms with Crippen LogP contribution in [0.1, 0.15) is 41.3 Å². The molecule has 1 aromatic carbocycles. The summed E-state index contributed by atoms with van der Waals surface area (Å²) >= 11 is 1.36. The van der Waals surface area contributed by atoms with Gasteiger partial charge in [0.2, 0.25) is 0 Å². The molecule has 2 rings (SSSR count). The van der Waals surface area contributed by atoms with E-state index in [0.29, 0.717) is 23.1 Å². The normalized spacial score (nSPS) is 10.6. The number of carbonyl (C=O) groups is 2. The van der Waals surface area contributed by atoms with Crippen molar-refractivity contribution in [2.24, 2.45) is 0 Å². The van der Waals surface area contributed by atoms with Gasteiger partial charge in [0.15, 0.2) is 6.61 Å². The predicted molar refractivity (Wildman–Crippen MR) is 104 cm³/mol. The van der Waals surface area contributed by atoms with E-state index in [9.17, 15) is 9.59 Å². The molecule has 1 amide bonds. The van der Waals surface area contributed by atoms with Crippen molar-refractivity contribution in [2.45, 2.75) is 31.2 Å². The largest absolute Gasteiger partial charge is 0.452 e. The first-order valence-corrected chi connectivity index (χ1v) is 9.75. The minimum Gasteiger partial charge on any atom is -0.452 e. The van der Waals surface area contributed by atoms with Gasteiger partial charge in [0.25, 0.3) is 5.91 Å². The van der Waals surface area contributed by atoms with Crippen molar-refractivity contribution in [3.8, 4) is 0 Å². The van der Waals surface area contributed by atoms with Crippen molar-refractivity contribution in [3.05, 3.63) is 59.3 Å². The quantitative estimate of drug-likeness (QED) is 0.568. The first-order valence-electron chi connectivity index (χ1n) is 8.53. The highest BCUT2D eigenvalue weighted by Crippen LogP contribution is 2.17. The molecule has 26 heavy (non-hydrogen) atoms. The third kappa shape index (κ3) is 5.88. The van der Waals surface area contributed by atoms with Crippen LogP contribution in [0.25, 0.3) is 0 Å². The second-order valence-electron chi connectivity index (χ2n) is 6.13. The lowest BCUT2D eigenvalue weighted by molar-refractivity contribution is -0.124. The molecule has 0 aliphatic carbocycles. The maximum absolute atomic E-state index is 12.1. The molecular formula is C20H24N2O3S. The van der Waals surface area contributed by atoms with Crippen molar-refractivity contribution in [2.75, 3.05) is 19.4 Å². The number of nitrogens with one attached hydrogen (secondary N) is 1. The molecule has 138 valence electrons. The Bertz CT molecular complexity index is 745. The lowest BCUT2D eigenvalue weighted by atomic mass is 10.0. The fourth-order valence-corrected chi connectivity index (χ4v) is 2.92. The second kappa shape index (κ2) is 9.97. The average Bonchev–Trinajstić information content (AvgIpc) is 2.66. The van der Waals surface area contributed by atoms with Crippen molar-refractivity contribution < 1.29 is 14.3 Å². The zero-order chi connectivity index (χ0) is 18.9. The van der Waals surface area contributed by atoms with Crippen LogP contribution < -0.4 is 5.32 Å². The molecule has 0 spiro atoms. The van der Waals surface area contributed by atoms with Crippen LogP contribution in [-0.2, 0) is 16.0 Å². The fourth-order valence-electron chi connectivity index (χ4n) is 2.38. The first kappa shape index (κ1) is 20.0.